The highest BCUT2D eigenvalue weighted by atomic mass is 35.5. The molecule has 2 amide bonds. The predicted octanol–water partition coefficient (Wildman–Crippen LogP) is 5.92. The van der Waals surface area contributed by atoms with Gasteiger partial charge in [-0.15, -0.1) is 11.8 Å². The number of halogens is 1. The maximum absolute atomic E-state index is 13.5. The van der Waals surface area contributed by atoms with Gasteiger partial charge >= 0.3 is 0 Å². The molecule has 1 aliphatic heterocycles. The summed E-state index contributed by atoms with van der Waals surface area (Å²) < 4.78 is 1.82. The molecule has 0 bridgehead atoms. The van der Waals surface area contributed by atoms with Crippen molar-refractivity contribution in [1.82, 2.24) is 9.78 Å². The number of anilines is 2. The quantitative estimate of drug-likeness (QED) is 0.352. The maximum Gasteiger partial charge on any atom is 0.258 e. The number of benzene rings is 3. The Morgan fingerprint density at radius 1 is 1.06 bits per heavy atom. The van der Waals surface area contributed by atoms with E-state index in [1.165, 1.54) is 0 Å². The Kier molecular flexibility index (Phi) is 6.36. The second-order valence-corrected chi connectivity index (χ2v) is 9.56. The first-order valence-corrected chi connectivity index (χ1v) is 12.7. The Labute approximate surface area is 212 Å². The van der Waals surface area contributed by atoms with Crippen LogP contribution in [-0.2, 0) is 13.5 Å². The third-order valence-corrected chi connectivity index (χ3v) is 7.07. The fraction of sp³-hybridized carbons (Fsp3) is 0.148. The molecule has 0 radical (unpaired) electrons. The molecule has 2 heterocycles. The minimum atomic E-state index is -0.294. The molecule has 0 unspecified atom stereocenters. The largest absolute Gasteiger partial charge is 0.322 e. The molecule has 35 heavy (non-hydrogen) atoms. The van der Waals surface area contributed by atoms with Crippen LogP contribution >= 0.6 is 23.4 Å². The van der Waals surface area contributed by atoms with E-state index in [9.17, 15) is 9.59 Å². The molecule has 8 heteroatoms. The van der Waals surface area contributed by atoms with Gasteiger partial charge in [0.1, 0.15) is 0 Å². The van der Waals surface area contributed by atoms with Gasteiger partial charge in [0.25, 0.3) is 11.8 Å². The zero-order chi connectivity index (χ0) is 24.5. The van der Waals surface area contributed by atoms with E-state index in [0.717, 1.165) is 27.4 Å². The van der Waals surface area contributed by atoms with Gasteiger partial charge in [-0.2, -0.15) is 5.10 Å². The monoisotopic (exact) mass is 502 g/mol. The van der Waals surface area contributed by atoms with Crippen LogP contribution in [0.25, 0.3) is 11.3 Å². The first-order chi connectivity index (χ1) is 16.9. The standard InChI is InChI=1S/C27H23ClN4O2S/c1-31-16-18-13-14-32(24-6-4-3-5-21(24)25(18)30-31)27(34)17-7-9-19(10-8-17)29-26(33)22-15-20(35-2)11-12-23(22)28/h3-12,15-16H,13-14H2,1-2H3,(H,29,33). The number of hydrogen-bond acceptors (Lipinski definition) is 4. The number of nitrogens with one attached hydrogen (secondary N) is 1. The summed E-state index contributed by atoms with van der Waals surface area (Å²) in [4.78, 5) is 29.0. The smallest absolute Gasteiger partial charge is 0.258 e. The van der Waals surface area contributed by atoms with Gasteiger partial charge in [-0.1, -0.05) is 29.8 Å². The number of amides is 2. The number of aromatic nitrogens is 2. The van der Waals surface area contributed by atoms with E-state index in [1.54, 1.807) is 53.1 Å². The van der Waals surface area contributed by atoms with E-state index in [-0.39, 0.29) is 11.8 Å². The Morgan fingerprint density at radius 3 is 2.60 bits per heavy atom. The zero-order valence-corrected chi connectivity index (χ0v) is 20.9. The normalized spacial score (nSPS) is 12.5. The molecule has 3 aromatic carbocycles. The molecule has 1 aromatic heterocycles. The van der Waals surface area contributed by atoms with Crippen molar-refractivity contribution in [1.29, 1.82) is 0 Å². The van der Waals surface area contributed by atoms with E-state index < -0.39 is 0 Å². The molecular formula is C27H23ClN4O2S. The Morgan fingerprint density at radius 2 is 1.83 bits per heavy atom. The van der Waals surface area contributed by atoms with Crippen molar-refractivity contribution in [3.8, 4) is 11.3 Å². The highest BCUT2D eigenvalue weighted by molar-refractivity contribution is 7.98. The number of nitrogens with zero attached hydrogens (tertiary/aromatic N) is 3. The molecule has 1 N–H and O–H groups in total. The highest BCUT2D eigenvalue weighted by Crippen LogP contribution is 2.36. The third-order valence-electron chi connectivity index (χ3n) is 6.01. The van der Waals surface area contributed by atoms with E-state index >= 15 is 0 Å². The molecule has 6 nitrogen and oxygen atoms in total. The second-order valence-electron chi connectivity index (χ2n) is 8.28. The topological polar surface area (TPSA) is 67.2 Å². The molecule has 176 valence electrons. The van der Waals surface area contributed by atoms with Crippen molar-refractivity contribution in [3.63, 3.8) is 0 Å². The summed E-state index contributed by atoms with van der Waals surface area (Å²) in [7, 11) is 1.91. The SMILES string of the molecule is CSc1ccc(Cl)c(C(=O)Nc2ccc(C(=O)N3CCc4cn(C)nc4-c4ccccc43)cc2)c1. The molecular weight excluding hydrogens is 480 g/mol. The van der Waals surface area contributed by atoms with E-state index in [4.69, 9.17) is 11.6 Å². The molecule has 0 fully saturated rings. The van der Waals surface area contributed by atoms with Gasteiger partial charge in [0.15, 0.2) is 0 Å². The second kappa shape index (κ2) is 9.60. The van der Waals surface area contributed by atoms with E-state index in [2.05, 4.69) is 10.4 Å². The average molecular weight is 503 g/mol. The van der Waals surface area contributed by atoms with Crippen molar-refractivity contribution < 1.29 is 9.59 Å². The molecule has 4 aromatic rings. The minimum absolute atomic E-state index is 0.0967. The summed E-state index contributed by atoms with van der Waals surface area (Å²) in [6.07, 6.45) is 4.67. The summed E-state index contributed by atoms with van der Waals surface area (Å²) in [5.74, 6) is -0.391. The Bertz CT molecular complexity index is 1430. The van der Waals surface area contributed by atoms with Gasteiger partial charge in [-0.3, -0.25) is 14.3 Å². The van der Waals surface area contributed by atoms with Crippen LogP contribution in [0.4, 0.5) is 11.4 Å². The van der Waals surface area contributed by atoms with Crippen LogP contribution in [0.15, 0.2) is 77.8 Å². The molecule has 0 saturated carbocycles. The molecule has 0 spiro atoms. The number of hydrogen-bond donors (Lipinski definition) is 1. The van der Waals surface area contributed by atoms with Crippen molar-refractivity contribution in [2.45, 2.75) is 11.3 Å². The van der Waals surface area contributed by atoms with Crippen LogP contribution in [0.2, 0.25) is 5.02 Å². The lowest BCUT2D eigenvalue weighted by Crippen LogP contribution is -2.32. The zero-order valence-electron chi connectivity index (χ0n) is 19.3. The average Bonchev–Trinajstić information content (AvgIpc) is 3.18. The lowest BCUT2D eigenvalue weighted by atomic mass is 10.1. The lowest BCUT2D eigenvalue weighted by molar-refractivity contribution is 0.0986. The van der Waals surface area contributed by atoms with Crippen molar-refractivity contribution >= 4 is 46.6 Å². The number of aryl methyl sites for hydroxylation is 1. The van der Waals surface area contributed by atoms with Crippen LogP contribution in [0.1, 0.15) is 26.3 Å². The summed E-state index contributed by atoms with van der Waals surface area (Å²) in [5, 5.41) is 7.89. The molecule has 0 aliphatic carbocycles. The van der Waals surface area contributed by atoms with E-state index in [1.807, 2.05) is 54.5 Å². The Hall–Kier alpha value is -3.55. The summed E-state index contributed by atoms with van der Waals surface area (Å²) in [6.45, 7) is 0.553. The Balaban J connectivity index is 1.37. The first-order valence-electron chi connectivity index (χ1n) is 11.1. The summed E-state index contributed by atoms with van der Waals surface area (Å²) in [5.41, 5.74) is 5.37. The van der Waals surface area contributed by atoms with Crippen LogP contribution in [-0.4, -0.2) is 34.4 Å². The minimum Gasteiger partial charge on any atom is -0.322 e. The summed E-state index contributed by atoms with van der Waals surface area (Å²) in [6, 6.07) is 20.1. The number of carbonyl (C=O) groups excluding carboxylic acids is 2. The van der Waals surface area contributed by atoms with Crippen LogP contribution in [0.3, 0.4) is 0 Å². The van der Waals surface area contributed by atoms with Gasteiger partial charge < -0.3 is 10.2 Å². The first kappa shape index (κ1) is 23.2. The van der Waals surface area contributed by atoms with Crippen molar-refractivity contribution in [3.05, 3.63) is 94.6 Å². The van der Waals surface area contributed by atoms with E-state index in [0.29, 0.717) is 34.8 Å². The maximum atomic E-state index is 13.5. The number of rotatable bonds is 4. The van der Waals surface area contributed by atoms with Crippen LogP contribution < -0.4 is 10.2 Å². The fourth-order valence-corrected chi connectivity index (χ4v) is 4.92. The predicted molar refractivity (Wildman–Crippen MR) is 142 cm³/mol. The molecule has 5 rings (SSSR count). The number of para-hydroxylation sites is 1. The van der Waals surface area contributed by atoms with Crippen molar-refractivity contribution in [2.24, 2.45) is 7.05 Å². The van der Waals surface area contributed by atoms with Gasteiger partial charge in [0, 0.05) is 41.5 Å². The molecule has 0 saturated heterocycles. The van der Waals surface area contributed by atoms with Crippen LogP contribution in [0, 0.1) is 0 Å². The highest BCUT2D eigenvalue weighted by Gasteiger charge is 2.26. The third kappa shape index (κ3) is 4.57. The molecule has 1 aliphatic rings. The number of carbonyl (C=O) groups is 2. The van der Waals surface area contributed by atoms with Crippen molar-refractivity contribution in [2.75, 3.05) is 23.0 Å². The summed E-state index contributed by atoms with van der Waals surface area (Å²) >= 11 is 7.77. The fourth-order valence-electron chi connectivity index (χ4n) is 4.28. The van der Waals surface area contributed by atoms with Gasteiger partial charge in [0.05, 0.1) is 22.0 Å². The lowest BCUT2D eigenvalue weighted by Gasteiger charge is -2.23. The molecule has 0 atom stereocenters. The van der Waals surface area contributed by atoms with Gasteiger partial charge in [0.2, 0.25) is 0 Å². The van der Waals surface area contributed by atoms with Gasteiger partial charge in [-0.25, -0.2) is 0 Å². The number of fused-ring (bicyclic) bond motifs is 3. The van der Waals surface area contributed by atoms with Gasteiger partial charge in [-0.05, 0) is 66.8 Å². The number of thioether (sulfide) groups is 1. The van der Waals surface area contributed by atoms with Crippen LogP contribution in [0.5, 0.6) is 0 Å².